The van der Waals surface area contributed by atoms with Gasteiger partial charge in [-0.2, -0.15) is 0 Å². The average molecular weight is 403 g/mol. The lowest BCUT2D eigenvalue weighted by atomic mass is 9.97. The second kappa shape index (κ2) is 7.90. The number of aromatic nitrogens is 3. The van der Waals surface area contributed by atoms with E-state index in [0.717, 1.165) is 46.6 Å². The molecule has 0 unspecified atom stereocenters. The van der Waals surface area contributed by atoms with Gasteiger partial charge in [-0.05, 0) is 38.2 Å². The van der Waals surface area contributed by atoms with Crippen molar-refractivity contribution in [2.24, 2.45) is 0 Å². The first kappa shape index (κ1) is 18.3. The monoisotopic (exact) mass is 402 g/mol. The molecular weight excluding hydrogens is 380 g/mol. The van der Waals surface area contributed by atoms with Gasteiger partial charge in [-0.3, -0.25) is 9.59 Å². The number of nitrogens with one attached hydrogen (secondary N) is 2. The van der Waals surface area contributed by atoms with Crippen LogP contribution in [0.2, 0.25) is 0 Å². The number of thiophene rings is 1. The predicted molar refractivity (Wildman–Crippen MR) is 109 cm³/mol. The molecule has 0 saturated carbocycles. The van der Waals surface area contributed by atoms with E-state index in [1.165, 1.54) is 16.9 Å². The molecule has 4 rings (SSSR count). The molecule has 8 heteroatoms. The minimum atomic E-state index is -0.0612. The van der Waals surface area contributed by atoms with Gasteiger partial charge in [-0.1, -0.05) is 0 Å². The van der Waals surface area contributed by atoms with Crippen molar-refractivity contribution >= 4 is 38.8 Å². The van der Waals surface area contributed by atoms with Gasteiger partial charge in [0, 0.05) is 41.8 Å². The van der Waals surface area contributed by atoms with Crippen molar-refractivity contribution in [3.8, 4) is 0 Å². The lowest BCUT2D eigenvalue weighted by Crippen LogP contribution is -2.26. The third-order valence-electron chi connectivity index (χ3n) is 4.79. The maximum absolute atomic E-state index is 12.5. The quantitative estimate of drug-likeness (QED) is 0.664. The first-order valence-electron chi connectivity index (χ1n) is 9.31. The lowest BCUT2D eigenvalue weighted by molar-refractivity contribution is -0.121. The maximum Gasteiger partial charge on any atom is 0.259 e. The highest BCUT2D eigenvalue weighted by molar-refractivity contribution is 7.18. The second-order valence-corrected chi connectivity index (χ2v) is 8.91. The Morgan fingerprint density at radius 3 is 2.93 bits per heavy atom. The summed E-state index contributed by atoms with van der Waals surface area (Å²) < 4.78 is 0. The zero-order valence-corrected chi connectivity index (χ0v) is 16.9. The topological polar surface area (TPSA) is 87.7 Å². The van der Waals surface area contributed by atoms with E-state index < -0.39 is 0 Å². The molecule has 0 aromatic carbocycles. The number of fused-ring (bicyclic) bond motifs is 3. The van der Waals surface area contributed by atoms with Crippen molar-refractivity contribution in [3.63, 3.8) is 0 Å². The summed E-state index contributed by atoms with van der Waals surface area (Å²) in [4.78, 5) is 38.6. The molecule has 0 atom stereocenters. The molecule has 0 radical (unpaired) electrons. The van der Waals surface area contributed by atoms with Crippen LogP contribution in [0.4, 0.5) is 0 Å². The normalized spacial score (nSPS) is 13.7. The number of amides is 1. The van der Waals surface area contributed by atoms with E-state index >= 15 is 0 Å². The highest BCUT2D eigenvalue weighted by atomic mass is 32.1. The number of H-pyrrole nitrogens is 1. The Labute approximate surface area is 165 Å². The molecular formula is C19H22N4O2S2. The van der Waals surface area contributed by atoms with Crippen molar-refractivity contribution in [2.75, 3.05) is 6.54 Å². The van der Waals surface area contributed by atoms with Crippen LogP contribution < -0.4 is 10.9 Å². The molecule has 0 fully saturated rings. The third-order valence-corrected chi connectivity index (χ3v) is 7.00. The summed E-state index contributed by atoms with van der Waals surface area (Å²) >= 11 is 3.25. The molecule has 27 heavy (non-hydrogen) atoms. The molecule has 1 aliphatic carbocycles. The van der Waals surface area contributed by atoms with Crippen molar-refractivity contribution < 1.29 is 4.79 Å². The fourth-order valence-electron chi connectivity index (χ4n) is 3.47. The second-order valence-electron chi connectivity index (χ2n) is 6.89. The van der Waals surface area contributed by atoms with Crippen molar-refractivity contribution in [2.45, 2.75) is 51.9 Å². The van der Waals surface area contributed by atoms with Gasteiger partial charge < -0.3 is 10.3 Å². The molecule has 3 aromatic heterocycles. The van der Waals surface area contributed by atoms with Gasteiger partial charge in [-0.25, -0.2) is 9.97 Å². The van der Waals surface area contributed by atoms with E-state index in [-0.39, 0.29) is 11.5 Å². The summed E-state index contributed by atoms with van der Waals surface area (Å²) in [5.74, 6) is 0.563. The first-order chi connectivity index (χ1) is 13.1. The molecule has 3 heterocycles. The minimum absolute atomic E-state index is 0.0310. The van der Waals surface area contributed by atoms with Crippen molar-refractivity contribution in [1.29, 1.82) is 0 Å². The zero-order chi connectivity index (χ0) is 18.8. The predicted octanol–water partition coefficient (Wildman–Crippen LogP) is 2.92. The smallest absolute Gasteiger partial charge is 0.259 e. The molecule has 2 N–H and O–H groups in total. The summed E-state index contributed by atoms with van der Waals surface area (Å²) in [6.07, 6.45) is 5.84. The summed E-state index contributed by atoms with van der Waals surface area (Å²) in [6.45, 7) is 2.54. The number of carbonyl (C=O) groups excluding carboxylic acids is 1. The number of rotatable bonds is 6. The van der Waals surface area contributed by atoms with Crippen molar-refractivity contribution in [1.82, 2.24) is 20.3 Å². The molecule has 0 saturated heterocycles. The van der Waals surface area contributed by atoms with Crippen LogP contribution in [0.25, 0.3) is 10.2 Å². The minimum Gasteiger partial charge on any atom is -0.356 e. The Morgan fingerprint density at radius 1 is 1.26 bits per heavy atom. The number of aryl methyl sites for hydroxylation is 4. The molecule has 6 nitrogen and oxygen atoms in total. The van der Waals surface area contributed by atoms with Gasteiger partial charge in [0.05, 0.1) is 10.4 Å². The van der Waals surface area contributed by atoms with Crippen LogP contribution >= 0.6 is 22.7 Å². The molecule has 0 spiro atoms. The van der Waals surface area contributed by atoms with Crippen LogP contribution in [0.3, 0.4) is 0 Å². The molecule has 142 valence electrons. The standard InChI is InChI=1S/C19H22N4O2S2/c1-11-10-26-16(21-11)8-9-20-15(24)7-6-14-22-18(25)17-12-4-2-3-5-13(12)27-19(17)23-14/h10H,2-9H2,1H3,(H,20,24)(H,22,23,25). The Bertz CT molecular complexity index is 1030. The maximum atomic E-state index is 12.5. The van der Waals surface area contributed by atoms with Gasteiger partial charge in [0.2, 0.25) is 5.91 Å². The third kappa shape index (κ3) is 4.11. The van der Waals surface area contributed by atoms with E-state index in [2.05, 4.69) is 20.3 Å². The highest BCUT2D eigenvalue weighted by Crippen LogP contribution is 2.33. The Kier molecular flexibility index (Phi) is 5.36. The van der Waals surface area contributed by atoms with Crippen LogP contribution in [-0.4, -0.2) is 27.4 Å². The SMILES string of the molecule is Cc1csc(CCNC(=O)CCc2nc3sc4c(c3c(=O)[nH]2)CCCC4)n1. The van der Waals surface area contributed by atoms with Gasteiger partial charge >= 0.3 is 0 Å². The number of hydrogen-bond donors (Lipinski definition) is 2. The first-order valence-corrected chi connectivity index (χ1v) is 11.0. The zero-order valence-electron chi connectivity index (χ0n) is 15.3. The molecule has 0 aliphatic heterocycles. The van der Waals surface area contributed by atoms with Crippen molar-refractivity contribution in [3.05, 3.63) is 42.7 Å². The molecule has 1 amide bonds. The van der Waals surface area contributed by atoms with E-state index in [1.807, 2.05) is 12.3 Å². The summed E-state index contributed by atoms with van der Waals surface area (Å²) in [6, 6.07) is 0. The fraction of sp³-hybridized carbons (Fsp3) is 0.474. The Hall–Kier alpha value is -2.06. The number of hydrogen-bond acceptors (Lipinski definition) is 6. The Balaban J connectivity index is 1.36. The average Bonchev–Trinajstić information content (AvgIpc) is 3.23. The number of thiazole rings is 1. The van der Waals surface area contributed by atoms with E-state index in [9.17, 15) is 9.59 Å². The van der Waals surface area contributed by atoms with Crippen LogP contribution in [0.5, 0.6) is 0 Å². The summed E-state index contributed by atoms with van der Waals surface area (Å²) in [5.41, 5.74) is 2.15. The van der Waals surface area contributed by atoms with Crippen LogP contribution in [0.1, 0.15) is 46.2 Å². The van der Waals surface area contributed by atoms with Gasteiger partial charge in [0.25, 0.3) is 5.56 Å². The fourth-order valence-corrected chi connectivity index (χ4v) is 5.53. The van der Waals surface area contributed by atoms with Crippen LogP contribution in [0.15, 0.2) is 10.2 Å². The van der Waals surface area contributed by atoms with Gasteiger partial charge in [0.1, 0.15) is 10.7 Å². The van der Waals surface area contributed by atoms with E-state index in [0.29, 0.717) is 25.2 Å². The van der Waals surface area contributed by atoms with Crippen LogP contribution in [-0.2, 0) is 30.5 Å². The molecule has 1 aliphatic rings. The highest BCUT2D eigenvalue weighted by Gasteiger charge is 2.19. The van der Waals surface area contributed by atoms with E-state index in [1.54, 1.807) is 22.7 Å². The Morgan fingerprint density at radius 2 is 2.11 bits per heavy atom. The molecule has 0 bridgehead atoms. The van der Waals surface area contributed by atoms with E-state index in [4.69, 9.17) is 0 Å². The lowest BCUT2D eigenvalue weighted by Gasteiger charge is -2.09. The molecule has 3 aromatic rings. The van der Waals surface area contributed by atoms with Crippen LogP contribution in [0, 0.1) is 6.92 Å². The summed E-state index contributed by atoms with van der Waals surface area (Å²) in [7, 11) is 0. The number of nitrogens with zero attached hydrogens (tertiary/aromatic N) is 2. The van der Waals surface area contributed by atoms with Gasteiger partial charge in [-0.15, -0.1) is 22.7 Å². The van der Waals surface area contributed by atoms with Gasteiger partial charge in [0.15, 0.2) is 0 Å². The number of carbonyl (C=O) groups is 1. The summed E-state index contributed by atoms with van der Waals surface area (Å²) in [5, 5.41) is 6.72. The number of aromatic amines is 1. The largest absolute Gasteiger partial charge is 0.356 e.